The largest absolute Gasteiger partial charge is 0.310 e. The summed E-state index contributed by atoms with van der Waals surface area (Å²) < 4.78 is 1.76. The molecule has 2 rings (SSSR count). The Morgan fingerprint density at radius 3 is 2.85 bits per heavy atom. The van der Waals surface area contributed by atoms with Crippen LogP contribution in [0.1, 0.15) is 24.1 Å². The van der Waals surface area contributed by atoms with E-state index in [2.05, 4.69) is 10.4 Å². The maximum Gasteiger partial charge on any atom is 0.274 e. The standard InChI is InChI=1S/C14H18N4O2/c1-11(13-5-3-4-6-14(13)18(19)20)15-8-7-12-9-16-17(2)10-12/h3-6,9-11,15H,7-8H2,1-2H3. The van der Waals surface area contributed by atoms with Gasteiger partial charge in [-0.25, -0.2) is 0 Å². The number of nitrogens with one attached hydrogen (secondary N) is 1. The van der Waals surface area contributed by atoms with Crippen molar-refractivity contribution in [2.75, 3.05) is 6.54 Å². The molecule has 6 heteroatoms. The first kappa shape index (κ1) is 14.2. The summed E-state index contributed by atoms with van der Waals surface area (Å²) in [6, 6.07) is 6.77. The molecular formula is C14H18N4O2. The van der Waals surface area contributed by atoms with Gasteiger partial charge in [0.1, 0.15) is 0 Å². The SMILES string of the molecule is CC(NCCc1cnn(C)c1)c1ccccc1[N+](=O)[O-]. The van der Waals surface area contributed by atoms with Crippen LogP contribution in [0.25, 0.3) is 0 Å². The van der Waals surface area contributed by atoms with Crippen LogP contribution in [-0.4, -0.2) is 21.2 Å². The number of nitrogens with zero attached hydrogens (tertiary/aromatic N) is 3. The lowest BCUT2D eigenvalue weighted by atomic mass is 10.1. The second-order valence-corrected chi connectivity index (χ2v) is 4.76. The number of hydrogen-bond acceptors (Lipinski definition) is 4. The maximum absolute atomic E-state index is 11.0. The van der Waals surface area contributed by atoms with Gasteiger partial charge in [0.05, 0.1) is 11.1 Å². The lowest BCUT2D eigenvalue weighted by Crippen LogP contribution is -2.22. The Morgan fingerprint density at radius 2 is 2.20 bits per heavy atom. The molecule has 0 aliphatic carbocycles. The summed E-state index contributed by atoms with van der Waals surface area (Å²) in [6.07, 6.45) is 4.65. The van der Waals surface area contributed by atoms with Gasteiger partial charge in [-0.3, -0.25) is 14.8 Å². The molecular weight excluding hydrogens is 256 g/mol. The highest BCUT2D eigenvalue weighted by atomic mass is 16.6. The van der Waals surface area contributed by atoms with Crippen molar-refractivity contribution in [3.8, 4) is 0 Å². The first-order valence-electron chi connectivity index (χ1n) is 6.52. The third kappa shape index (κ3) is 3.42. The first-order chi connectivity index (χ1) is 9.58. The van der Waals surface area contributed by atoms with E-state index in [0.717, 1.165) is 18.5 Å². The molecule has 1 atom stereocenters. The molecule has 106 valence electrons. The van der Waals surface area contributed by atoms with Crippen molar-refractivity contribution >= 4 is 5.69 Å². The highest BCUT2D eigenvalue weighted by Crippen LogP contribution is 2.24. The molecule has 1 aromatic carbocycles. The number of aryl methyl sites for hydroxylation is 1. The molecule has 6 nitrogen and oxygen atoms in total. The van der Waals surface area contributed by atoms with Gasteiger partial charge in [-0.2, -0.15) is 5.10 Å². The minimum Gasteiger partial charge on any atom is -0.310 e. The molecule has 0 aliphatic rings. The van der Waals surface area contributed by atoms with Crippen molar-refractivity contribution < 1.29 is 4.92 Å². The number of rotatable bonds is 6. The maximum atomic E-state index is 11.0. The Balaban J connectivity index is 1.95. The number of nitro groups is 1. The second kappa shape index (κ2) is 6.29. The molecule has 0 radical (unpaired) electrons. The predicted molar refractivity (Wildman–Crippen MR) is 76.4 cm³/mol. The molecule has 1 unspecified atom stereocenters. The minimum absolute atomic E-state index is 0.0618. The average molecular weight is 274 g/mol. The summed E-state index contributed by atoms with van der Waals surface area (Å²) in [7, 11) is 1.88. The van der Waals surface area contributed by atoms with Gasteiger partial charge in [0, 0.05) is 30.9 Å². The van der Waals surface area contributed by atoms with E-state index in [4.69, 9.17) is 0 Å². The van der Waals surface area contributed by atoms with Gasteiger partial charge in [-0.05, 0) is 25.5 Å². The Kier molecular flexibility index (Phi) is 4.47. The topological polar surface area (TPSA) is 73.0 Å². The zero-order chi connectivity index (χ0) is 14.5. The van der Waals surface area contributed by atoms with E-state index in [-0.39, 0.29) is 16.7 Å². The summed E-state index contributed by atoms with van der Waals surface area (Å²) >= 11 is 0. The Bertz CT molecular complexity index is 594. The molecule has 1 heterocycles. The van der Waals surface area contributed by atoms with E-state index in [0.29, 0.717) is 5.56 Å². The zero-order valence-corrected chi connectivity index (χ0v) is 11.6. The third-order valence-electron chi connectivity index (χ3n) is 3.22. The Morgan fingerprint density at radius 1 is 1.45 bits per heavy atom. The first-order valence-corrected chi connectivity index (χ1v) is 6.52. The van der Waals surface area contributed by atoms with Crippen molar-refractivity contribution in [2.24, 2.45) is 7.05 Å². The second-order valence-electron chi connectivity index (χ2n) is 4.76. The molecule has 0 saturated carbocycles. The molecule has 0 fully saturated rings. The van der Waals surface area contributed by atoms with Crippen molar-refractivity contribution in [1.29, 1.82) is 0 Å². The van der Waals surface area contributed by atoms with E-state index in [1.807, 2.05) is 32.4 Å². The van der Waals surface area contributed by atoms with Crippen LogP contribution < -0.4 is 5.32 Å². The summed E-state index contributed by atoms with van der Waals surface area (Å²) in [4.78, 5) is 10.7. The van der Waals surface area contributed by atoms with Gasteiger partial charge in [0.2, 0.25) is 0 Å². The van der Waals surface area contributed by atoms with Crippen LogP contribution in [0.15, 0.2) is 36.7 Å². The van der Waals surface area contributed by atoms with Crippen molar-refractivity contribution in [3.05, 3.63) is 57.9 Å². The molecule has 0 saturated heterocycles. The third-order valence-corrected chi connectivity index (χ3v) is 3.22. The van der Waals surface area contributed by atoms with Gasteiger partial charge in [-0.1, -0.05) is 18.2 Å². The molecule has 0 amide bonds. The monoisotopic (exact) mass is 274 g/mol. The van der Waals surface area contributed by atoms with Crippen LogP contribution in [0.3, 0.4) is 0 Å². The quantitative estimate of drug-likeness (QED) is 0.647. The van der Waals surface area contributed by atoms with Crippen molar-refractivity contribution in [3.63, 3.8) is 0 Å². The minimum atomic E-state index is -0.339. The van der Waals surface area contributed by atoms with Crippen molar-refractivity contribution in [2.45, 2.75) is 19.4 Å². The number of aromatic nitrogens is 2. The van der Waals surface area contributed by atoms with E-state index < -0.39 is 0 Å². The molecule has 0 aliphatic heterocycles. The van der Waals surface area contributed by atoms with Crippen LogP contribution in [-0.2, 0) is 13.5 Å². The number of nitro benzene ring substituents is 1. The van der Waals surface area contributed by atoms with E-state index in [9.17, 15) is 10.1 Å². The smallest absolute Gasteiger partial charge is 0.274 e. The summed E-state index contributed by atoms with van der Waals surface area (Å²) in [5.41, 5.74) is 2.02. The molecule has 1 aromatic heterocycles. The fourth-order valence-corrected chi connectivity index (χ4v) is 2.16. The van der Waals surface area contributed by atoms with Crippen LogP contribution in [0.5, 0.6) is 0 Å². The average Bonchev–Trinajstić information content (AvgIpc) is 2.84. The van der Waals surface area contributed by atoms with E-state index >= 15 is 0 Å². The summed E-state index contributed by atoms with van der Waals surface area (Å²) in [5.74, 6) is 0. The Labute approximate surface area is 117 Å². The summed E-state index contributed by atoms with van der Waals surface area (Å²) in [6.45, 7) is 2.69. The highest BCUT2D eigenvalue weighted by Gasteiger charge is 2.17. The fraction of sp³-hybridized carbons (Fsp3) is 0.357. The van der Waals surface area contributed by atoms with Gasteiger partial charge >= 0.3 is 0 Å². The van der Waals surface area contributed by atoms with Crippen molar-refractivity contribution in [1.82, 2.24) is 15.1 Å². The number of benzene rings is 1. The van der Waals surface area contributed by atoms with Gasteiger partial charge in [-0.15, -0.1) is 0 Å². The highest BCUT2D eigenvalue weighted by molar-refractivity contribution is 5.41. The Hall–Kier alpha value is -2.21. The van der Waals surface area contributed by atoms with Crippen LogP contribution in [0, 0.1) is 10.1 Å². The van der Waals surface area contributed by atoms with Crippen LogP contribution in [0.4, 0.5) is 5.69 Å². The van der Waals surface area contributed by atoms with Gasteiger partial charge in [0.25, 0.3) is 5.69 Å². The predicted octanol–water partition coefficient (Wildman–Crippen LogP) is 2.22. The molecule has 0 bridgehead atoms. The van der Waals surface area contributed by atoms with Crippen LogP contribution >= 0.6 is 0 Å². The van der Waals surface area contributed by atoms with E-state index in [1.165, 1.54) is 6.07 Å². The molecule has 2 aromatic rings. The van der Waals surface area contributed by atoms with E-state index in [1.54, 1.807) is 16.8 Å². The van der Waals surface area contributed by atoms with Gasteiger partial charge < -0.3 is 5.32 Å². The zero-order valence-electron chi connectivity index (χ0n) is 11.6. The fourth-order valence-electron chi connectivity index (χ4n) is 2.16. The molecule has 20 heavy (non-hydrogen) atoms. The number of para-hydroxylation sites is 1. The van der Waals surface area contributed by atoms with Crippen LogP contribution in [0.2, 0.25) is 0 Å². The molecule has 0 spiro atoms. The lowest BCUT2D eigenvalue weighted by Gasteiger charge is -2.13. The molecule has 1 N–H and O–H groups in total. The van der Waals surface area contributed by atoms with Gasteiger partial charge in [0.15, 0.2) is 0 Å². The number of hydrogen-bond donors (Lipinski definition) is 1. The summed E-state index contributed by atoms with van der Waals surface area (Å²) in [5, 5.41) is 18.4. The lowest BCUT2D eigenvalue weighted by molar-refractivity contribution is -0.385. The normalized spacial score (nSPS) is 12.3.